The van der Waals surface area contributed by atoms with Gasteiger partial charge < -0.3 is 10.3 Å². The molecule has 0 fully saturated rings. The van der Waals surface area contributed by atoms with Gasteiger partial charge in [-0.25, -0.2) is 4.98 Å². The molecule has 0 radical (unpaired) electrons. The summed E-state index contributed by atoms with van der Waals surface area (Å²) in [5, 5.41) is 5.57. The fourth-order valence-corrected chi connectivity index (χ4v) is 3.26. The summed E-state index contributed by atoms with van der Waals surface area (Å²) in [6.07, 6.45) is 6.02. The maximum Gasteiger partial charge on any atom is 0.140 e. The Hall–Kier alpha value is -1.65. The number of fused-ring (bicyclic) bond motifs is 1. The number of pyridine rings is 1. The molecule has 0 aliphatic heterocycles. The van der Waals surface area contributed by atoms with E-state index in [0.29, 0.717) is 0 Å². The van der Waals surface area contributed by atoms with Crippen LogP contribution in [0.2, 0.25) is 0 Å². The highest BCUT2D eigenvalue weighted by molar-refractivity contribution is 7.07. The van der Waals surface area contributed by atoms with Crippen LogP contribution in [0, 0.1) is 0 Å². The van der Waals surface area contributed by atoms with Crippen LogP contribution in [0.3, 0.4) is 0 Å². The average Bonchev–Trinajstić information content (AvgIpc) is 3.05. The van der Waals surface area contributed by atoms with Crippen molar-refractivity contribution in [2.24, 2.45) is 5.73 Å². The Bertz CT molecular complexity index is 683. The highest BCUT2D eigenvalue weighted by atomic mass is 32.1. The average molecular weight is 285 g/mol. The van der Waals surface area contributed by atoms with Gasteiger partial charge in [0.15, 0.2) is 0 Å². The van der Waals surface area contributed by atoms with Crippen molar-refractivity contribution in [1.29, 1.82) is 0 Å². The van der Waals surface area contributed by atoms with Gasteiger partial charge in [0.2, 0.25) is 0 Å². The molecule has 20 heavy (non-hydrogen) atoms. The first-order valence-electron chi connectivity index (χ1n) is 6.93. The van der Waals surface area contributed by atoms with Gasteiger partial charge in [-0.2, -0.15) is 11.3 Å². The summed E-state index contributed by atoms with van der Waals surface area (Å²) in [7, 11) is 0. The van der Waals surface area contributed by atoms with E-state index in [9.17, 15) is 0 Å². The lowest BCUT2D eigenvalue weighted by Gasteiger charge is -2.03. The molecule has 1 unspecified atom stereocenters. The van der Waals surface area contributed by atoms with Crippen LogP contribution in [0.25, 0.3) is 11.0 Å². The summed E-state index contributed by atoms with van der Waals surface area (Å²) in [4.78, 5) is 4.53. The number of aromatic nitrogens is 2. The first kappa shape index (κ1) is 13.3. The number of aryl methyl sites for hydroxylation is 2. The summed E-state index contributed by atoms with van der Waals surface area (Å²) >= 11 is 1.75. The monoisotopic (exact) mass is 285 g/mol. The van der Waals surface area contributed by atoms with Crippen molar-refractivity contribution in [3.63, 3.8) is 0 Å². The minimum atomic E-state index is 0.172. The second kappa shape index (κ2) is 5.77. The quantitative estimate of drug-likeness (QED) is 0.782. The lowest BCUT2D eigenvalue weighted by molar-refractivity contribution is 0.703. The molecule has 3 nitrogen and oxygen atoms in total. The minimum absolute atomic E-state index is 0.172. The Morgan fingerprint density at radius 3 is 3.05 bits per heavy atom. The Labute approximate surface area is 123 Å². The number of hydrogen-bond acceptors (Lipinski definition) is 3. The van der Waals surface area contributed by atoms with Crippen LogP contribution in [0.4, 0.5) is 0 Å². The predicted octanol–water partition coefficient (Wildman–Crippen LogP) is 3.23. The minimum Gasteiger partial charge on any atom is -0.332 e. The van der Waals surface area contributed by atoms with Gasteiger partial charge in [-0.3, -0.25) is 0 Å². The van der Waals surface area contributed by atoms with E-state index in [2.05, 4.69) is 38.6 Å². The Morgan fingerprint density at radius 2 is 2.30 bits per heavy atom. The van der Waals surface area contributed by atoms with Gasteiger partial charge in [0.05, 0.1) is 0 Å². The molecule has 3 aromatic heterocycles. The van der Waals surface area contributed by atoms with Crippen LogP contribution < -0.4 is 5.73 Å². The largest absolute Gasteiger partial charge is 0.332 e. The van der Waals surface area contributed by atoms with E-state index in [4.69, 9.17) is 5.73 Å². The Balaban J connectivity index is 1.90. The van der Waals surface area contributed by atoms with E-state index in [0.717, 1.165) is 25.0 Å². The molecule has 0 bridgehead atoms. The van der Waals surface area contributed by atoms with Crippen molar-refractivity contribution in [1.82, 2.24) is 9.55 Å². The zero-order chi connectivity index (χ0) is 13.9. The standard InChI is InChI=1S/C16H19N3S/c1-12(17)9-14-10-19(7-4-13-5-8-20-11-13)16-15(14)3-2-6-18-16/h2-3,5-6,8,10-12H,4,7,9,17H2,1H3. The molecule has 3 rings (SSSR count). The van der Waals surface area contributed by atoms with Gasteiger partial charge in [-0.1, -0.05) is 0 Å². The third-order valence-corrected chi connectivity index (χ3v) is 4.21. The van der Waals surface area contributed by atoms with Gasteiger partial charge in [-0.15, -0.1) is 0 Å². The van der Waals surface area contributed by atoms with Crippen LogP contribution in [0.15, 0.2) is 41.4 Å². The molecule has 0 aliphatic rings. The Kier molecular flexibility index (Phi) is 3.85. The fourth-order valence-electron chi connectivity index (χ4n) is 2.56. The topological polar surface area (TPSA) is 43.8 Å². The van der Waals surface area contributed by atoms with Crippen molar-refractivity contribution in [3.05, 3.63) is 52.5 Å². The molecule has 0 amide bonds. The summed E-state index contributed by atoms with van der Waals surface area (Å²) in [6, 6.07) is 6.50. The number of nitrogens with zero attached hydrogens (tertiary/aromatic N) is 2. The lowest BCUT2D eigenvalue weighted by atomic mass is 10.1. The van der Waals surface area contributed by atoms with Crippen molar-refractivity contribution in [2.75, 3.05) is 0 Å². The Morgan fingerprint density at radius 1 is 1.40 bits per heavy atom. The fraction of sp³-hybridized carbons (Fsp3) is 0.312. The van der Waals surface area contributed by atoms with E-state index in [1.807, 2.05) is 19.2 Å². The molecule has 3 aromatic rings. The second-order valence-electron chi connectivity index (χ2n) is 5.29. The summed E-state index contributed by atoms with van der Waals surface area (Å²) in [6.45, 7) is 3.01. The first-order chi connectivity index (χ1) is 9.74. The van der Waals surface area contributed by atoms with Crippen molar-refractivity contribution >= 4 is 22.4 Å². The second-order valence-corrected chi connectivity index (χ2v) is 6.07. The molecule has 0 aromatic carbocycles. The molecule has 0 aliphatic carbocycles. The molecule has 2 N–H and O–H groups in total. The van der Waals surface area contributed by atoms with Gasteiger partial charge in [-0.05, 0) is 59.9 Å². The van der Waals surface area contributed by atoms with E-state index < -0.39 is 0 Å². The number of thiophene rings is 1. The van der Waals surface area contributed by atoms with Gasteiger partial charge in [0.25, 0.3) is 0 Å². The molecule has 0 saturated carbocycles. The van der Waals surface area contributed by atoms with Crippen LogP contribution in [0.1, 0.15) is 18.1 Å². The van der Waals surface area contributed by atoms with Gasteiger partial charge >= 0.3 is 0 Å². The van der Waals surface area contributed by atoms with Crippen LogP contribution >= 0.6 is 11.3 Å². The normalized spacial score (nSPS) is 12.9. The molecule has 0 saturated heterocycles. The summed E-state index contributed by atoms with van der Waals surface area (Å²) in [5.74, 6) is 0. The maximum absolute atomic E-state index is 5.95. The molecule has 104 valence electrons. The molecule has 1 atom stereocenters. The van der Waals surface area contributed by atoms with E-state index in [1.165, 1.54) is 16.5 Å². The predicted molar refractivity (Wildman–Crippen MR) is 85.1 cm³/mol. The molecule has 4 heteroatoms. The van der Waals surface area contributed by atoms with Crippen molar-refractivity contribution < 1.29 is 0 Å². The number of hydrogen-bond donors (Lipinski definition) is 1. The molecule has 3 heterocycles. The maximum atomic E-state index is 5.95. The smallest absolute Gasteiger partial charge is 0.140 e. The van der Waals surface area contributed by atoms with E-state index in [1.54, 1.807) is 11.3 Å². The summed E-state index contributed by atoms with van der Waals surface area (Å²) in [5.41, 5.74) is 9.71. The molecular formula is C16H19N3S. The number of rotatable bonds is 5. The van der Waals surface area contributed by atoms with E-state index in [-0.39, 0.29) is 6.04 Å². The van der Waals surface area contributed by atoms with Crippen LogP contribution in [-0.4, -0.2) is 15.6 Å². The third-order valence-electron chi connectivity index (χ3n) is 3.48. The summed E-state index contributed by atoms with van der Waals surface area (Å²) < 4.78 is 2.25. The zero-order valence-electron chi connectivity index (χ0n) is 11.6. The van der Waals surface area contributed by atoms with Gasteiger partial charge in [0.1, 0.15) is 5.65 Å². The van der Waals surface area contributed by atoms with Crippen molar-refractivity contribution in [2.45, 2.75) is 32.4 Å². The van der Waals surface area contributed by atoms with Crippen LogP contribution in [-0.2, 0) is 19.4 Å². The van der Waals surface area contributed by atoms with Gasteiger partial charge in [0, 0.05) is 30.4 Å². The highest BCUT2D eigenvalue weighted by Gasteiger charge is 2.10. The lowest BCUT2D eigenvalue weighted by Crippen LogP contribution is -2.17. The third kappa shape index (κ3) is 2.76. The molecule has 0 spiro atoms. The van der Waals surface area contributed by atoms with Crippen LogP contribution in [0.5, 0.6) is 0 Å². The number of nitrogens with two attached hydrogens (primary N) is 1. The zero-order valence-corrected chi connectivity index (χ0v) is 12.4. The first-order valence-corrected chi connectivity index (χ1v) is 7.87. The van der Waals surface area contributed by atoms with E-state index >= 15 is 0 Å². The molecular weight excluding hydrogens is 266 g/mol. The highest BCUT2D eigenvalue weighted by Crippen LogP contribution is 2.21. The SMILES string of the molecule is CC(N)Cc1cn(CCc2ccsc2)c2ncccc12. The van der Waals surface area contributed by atoms with Crippen molar-refractivity contribution in [3.8, 4) is 0 Å².